The van der Waals surface area contributed by atoms with Crippen molar-refractivity contribution in [1.82, 2.24) is 10.3 Å². The van der Waals surface area contributed by atoms with Crippen molar-refractivity contribution in [2.75, 3.05) is 19.8 Å². The Kier molecular flexibility index (Phi) is 3.48. The van der Waals surface area contributed by atoms with Crippen LogP contribution in [0.25, 0.3) is 11.1 Å². The van der Waals surface area contributed by atoms with Gasteiger partial charge >= 0.3 is 0 Å². The van der Waals surface area contributed by atoms with Gasteiger partial charge in [-0.15, -0.1) is 0 Å². The molecule has 2 aromatic rings. The molecule has 5 heteroatoms. The molecule has 0 unspecified atom stereocenters. The van der Waals surface area contributed by atoms with Crippen LogP contribution in [0.1, 0.15) is 18.4 Å². The van der Waals surface area contributed by atoms with Gasteiger partial charge in [0, 0.05) is 25.4 Å². The minimum atomic E-state index is -0.339. The quantitative estimate of drug-likeness (QED) is 0.900. The number of fused-ring (bicyclic) bond motifs is 1. The van der Waals surface area contributed by atoms with Gasteiger partial charge in [-0.05, 0) is 17.7 Å². The molecule has 3 rings (SSSR count). The van der Waals surface area contributed by atoms with E-state index in [9.17, 15) is 4.39 Å². The molecule has 0 radical (unpaired) electrons. The first-order chi connectivity index (χ1) is 9.26. The van der Waals surface area contributed by atoms with E-state index < -0.39 is 0 Å². The standard InChI is InChI=1S/C14H17FN2O2/c1-2-13-17-12-4-9(3-11(15)14(12)19-13)5-16-6-10-7-18-8-10/h3-4,10,16H,2,5-8H2,1H3. The topological polar surface area (TPSA) is 47.3 Å². The first-order valence-electron chi connectivity index (χ1n) is 6.62. The number of aryl methyl sites for hydroxylation is 1. The lowest BCUT2D eigenvalue weighted by Gasteiger charge is -2.26. The molecule has 0 aliphatic carbocycles. The Labute approximate surface area is 111 Å². The molecule has 1 aliphatic rings. The van der Waals surface area contributed by atoms with Gasteiger partial charge in [-0.2, -0.15) is 0 Å². The molecule has 0 amide bonds. The first-order valence-corrected chi connectivity index (χ1v) is 6.62. The predicted octanol–water partition coefficient (Wildman–Crippen LogP) is 2.27. The highest BCUT2D eigenvalue weighted by molar-refractivity contribution is 5.74. The normalized spacial score (nSPS) is 15.9. The summed E-state index contributed by atoms with van der Waals surface area (Å²) in [5.74, 6) is 0.825. The number of nitrogens with one attached hydrogen (secondary N) is 1. The highest BCUT2D eigenvalue weighted by Gasteiger charge is 2.17. The average molecular weight is 264 g/mol. The van der Waals surface area contributed by atoms with Gasteiger partial charge in [0.25, 0.3) is 0 Å². The fraction of sp³-hybridized carbons (Fsp3) is 0.500. The fourth-order valence-electron chi connectivity index (χ4n) is 2.17. The third-order valence-electron chi connectivity index (χ3n) is 3.32. The number of aromatic nitrogens is 1. The van der Waals surface area contributed by atoms with E-state index in [2.05, 4.69) is 10.3 Å². The second kappa shape index (κ2) is 5.27. The first kappa shape index (κ1) is 12.6. The summed E-state index contributed by atoms with van der Waals surface area (Å²) in [5.41, 5.74) is 1.75. The number of nitrogens with zero attached hydrogens (tertiary/aromatic N) is 1. The Bertz CT molecular complexity index is 578. The molecule has 19 heavy (non-hydrogen) atoms. The van der Waals surface area contributed by atoms with E-state index in [-0.39, 0.29) is 11.4 Å². The third-order valence-corrected chi connectivity index (χ3v) is 3.32. The summed E-state index contributed by atoms with van der Waals surface area (Å²) in [6.45, 7) is 5.12. The fourth-order valence-corrected chi connectivity index (χ4v) is 2.17. The molecule has 1 aliphatic heterocycles. The van der Waals surface area contributed by atoms with Gasteiger partial charge in [0.1, 0.15) is 5.52 Å². The number of benzene rings is 1. The Morgan fingerprint density at radius 2 is 2.26 bits per heavy atom. The van der Waals surface area contributed by atoms with Crippen molar-refractivity contribution in [3.63, 3.8) is 0 Å². The van der Waals surface area contributed by atoms with Crippen molar-refractivity contribution < 1.29 is 13.5 Å². The molecular weight excluding hydrogens is 247 g/mol. The van der Waals surface area contributed by atoms with Crippen molar-refractivity contribution in [2.24, 2.45) is 5.92 Å². The predicted molar refractivity (Wildman–Crippen MR) is 69.4 cm³/mol. The van der Waals surface area contributed by atoms with E-state index in [0.717, 1.165) is 25.3 Å². The van der Waals surface area contributed by atoms with E-state index in [1.54, 1.807) is 0 Å². The Balaban J connectivity index is 1.72. The maximum absolute atomic E-state index is 13.9. The minimum absolute atomic E-state index is 0.257. The second-order valence-electron chi connectivity index (χ2n) is 4.92. The van der Waals surface area contributed by atoms with Crippen molar-refractivity contribution in [3.8, 4) is 0 Å². The van der Waals surface area contributed by atoms with E-state index in [4.69, 9.17) is 9.15 Å². The van der Waals surface area contributed by atoms with Crippen molar-refractivity contribution in [2.45, 2.75) is 19.9 Å². The zero-order valence-electron chi connectivity index (χ0n) is 10.9. The molecule has 1 fully saturated rings. The molecule has 0 spiro atoms. The number of rotatable bonds is 5. The molecule has 102 valence electrons. The van der Waals surface area contributed by atoms with Crippen molar-refractivity contribution in [1.29, 1.82) is 0 Å². The number of halogens is 1. The molecular formula is C14H17FN2O2. The lowest BCUT2D eigenvalue weighted by molar-refractivity contribution is -0.0307. The van der Waals surface area contributed by atoms with Crippen LogP contribution in [0.5, 0.6) is 0 Å². The monoisotopic (exact) mass is 264 g/mol. The Morgan fingerprint density at radius 1 is 1.42 bits per heavy atom. The molecule has 1 aromatic heterocycles. The van der Waals surface area contributed by atoms with Crippen LogP contribution in [-0.4, -0.2) is 24.7 Å². The molecule has 2 heterocycles. The summed E-state index contributed by atoms with van der Waals surface area (Å²) in [5, 5.41) is 3.31. The van der Waals surface area contributed by atoms with E-state index >= 15 is 0 Å². The van der Waals surface area contributed by atoms with Gasteiger partial charge in [-0.3, -0.25) is 0 Å². The minimum Gasteiger partial charge on any atom is -0.438 e. The molecule has 0 atom stereocenters. The molecule has 1 aromatic carbocycles. The maximum Gasteiger partial charge on any atom is 0.195 e. The van der Waals surface area contributed by atoms with Crippen LogP contribution >= 0.6 is 0 Å². The van der Waals surface area contributed by atoms with Crippen LogP contribution in [-0.2, 0) is 17.7 Å². The van der Waals surface area contributed by atoms with Gasteiger partial charge < -0.3 is 14.5 Å². The van der Waals surface area contributed by atoms with Crippen LogP contribution in [0.2, 0.25) is 0 Å². The number of hydrogen-bond acceptors (Lipinski definition) is 4. The maximum atomic E-state index is 13.9. The van der Waals surface area contributed by atoms with Gasteiger partial charge in [0.2, 0.25) is 0 Å². The Morgan fingerprint density at radius 3 is 2.95 bits per heavy atom. The largest absolute Gasteiger partial charge is 0.438 e. The van der Waals surface area contributed by atoms with Crippen LogP contribution in [0.15, 0.2) is 16.5 Å². The summed E-state index contributed by atoms with van der Waals surface area (Å²) < 4.78 is 24.3. The molecule has 4 nitrogen and oxygen atoms in total. The summed E-state index contributed by atoms with van der Waals surface area (Å²) in [6.07, 6.45) is 0.670. The average Bonchev–Trinajstić information content (AvgIpc) is 2.76. The van der Waals surface area contributed by atoms with Crippen LogP contribution in [0.3, 0.4) is 0 Å². The van der Waals surface area contributed by atoms with Crippen LogP contribution < -0.4 is 5.32 Å². The van der Waals surface area contributed by atoms with Gasteiger partial charge in [0.05, 0.1) is 13.2 Å². The number of oxazole rings is 1. The van der Waals surface area contributed by atoms with E-state index in [1.807, 2.05) is 13.0 Å². The summed E-state index contributed by atoms with van der Waals surface area (Å²) in [4.78, 5) is 4.27. The number of hydrogen-bond donors (Lipinski definition) is 1. The highest BCUT2D eigenvalue weighted by Crippen LogP contribution is 2.21. The number of ether oxygens (including phenoxy) is 1. The third kappa shape index (κ3) is 2.62. The second-order valence-corrected chi connectivity index (χ2v) is 4.92. The molecule has 0 saturated carbocycles. The molecule has 1 saturated heterocycles. The van der Waals surface area contributed by atoms with Crippen molar-refractivity contribution >= 4 is 11.1 Å². The summed E-state index contributed by atoms with van der Waals surface area (Å²) in [6, 6.07) is 3.39. The lowest BCUT2D eigenvalue weighted by atomic mass is 10.1. The van der Waals surface area contributed by atoms with Crippen LogP contribution in [0, 0.1) is 11.7 Å². The highest BCUT2D eigenvalue weighted by atomic mass is 19.1. The zero-order chi connectivity index (χ0) is 13.2. The molecule has 1 N–H and O–H groups in total. The van der Waals surface area contributed by atoms with Gasteiger partial charge in [-0.1, -0.05) is 6.92 Å². The van der Waals surface area contributed by atoms with E-state index in [1.165, 1.54) is 6.07 Å². The molecule has 0 bridgehead atoms. The van der Waals surface area contributed by atoms with E-state index in [0.29, 0.717) is 30.3 Å². The summed E-state index contributed by atoms with van der Waals surface area (Å²) >= 11 is 0. The SMILES string of the molecule is CCc1nc2cc(CNCC3COC3)cc(F)c2o1. The van der Waals surface area contributed by atoms with Gasteiger partial charge in [-0.25, -0.2) is 9.37 Å². The Hall–Kier alpha value is -1.46. The zero-order valence-corrected chi connectivity index (χ0v) is 10.9. The summed E-state index contributed by atoms with van der Waals surface area (Å²) in [7, 11) is 0. The van der Waals surface area contributed by atoms with Crippen molar-refractivity contribution in [3.05, 3.63) is 29.4 Å². The van der Waals surface area contributed by atoms with Gasteiger partial charge in [0.15, 0.2) is 17.3 Å². The van der Waals surface area contributed by atoms with Crippen LogP contribution in [0.4, 0.5) is 4.39 Å². The smallest absolute Gasteiger partial charge is 0.195 e. The lowest BCUT2D eigenvalue weighted by Crippen LogP contribution is -2.36.